The molecule has 1 atom stereocenters. The van der Waals surface area contributed by atoms with E-state index in [-0.39, 0.29) is 5.91 Å². The lowest BCUT2D eigenvalue weighted by molar-refractivity contribution is -0.109. The zero-order valence-corrected chi connectivity index (χ0v) is 16.1. The minimum absolute atomic E-state index is 0.321. The first-order valence-electron chi connectivity index (χ1n) is 9.17. The summed E-state index contributed by atoms with van der Waals surface area (Å²) in [4.78, 5) is 28.6. The average molecular weight is 390 g/mol. The van der Waals surface area contributed by atoms with Gasteiger partial charge in [0.15, 0.2) is 5.82 Å². The number of pyridine rings is 1. The Morgan fingerprint density at radius 2 is 2.07 bits per heavy atom. The highest BCUT2D eigenvalue weighted by atomic mass is 16.5. The Kier molecular flexibility index (Phi) is 6.52. The molecule has 7 heteroatoms. The molecule has 0 bridgehead atoms. The molecule has 0 saturated heterocycles. The molecule has 1 N–H and O–H groups in total. The van der Waals surface area contributed by atoms with Gasteiger partial charge in [0.2, 0.25) is 0 Å². The number of amides is 1. The standard InChI is InChI=1S/C22H22N4O3/c1-3-12-29-19-9-7-17(8-10-19)14-18(15-27)24-22(28)20-13-16(2)25-26(20)21-6-4-5-11-23-21/h3-11,13,15,18H,1,12,14H2,2H3,(H,24,28)/t18-/m0/s1. The number of ether oxygens (including phenoxy) is 1. The fraction of sp³-hybridized carbons (Fsp3) is 0.182. The van der Waals surface area contributed by atoms with E-state index in [2.05, 4.69) is 22.0 Å². The summed E-state index contributed by atoms with van der Waals surface area (Å²) in [6.07, 6.45) is 4.40. The molecule has 3 aromatic rings. The number of carbonyl (C=O) groups excluding carboxylic acids is 2. The van der Waals surface area contributed by atoms with Crippen LogP contribution in [0.25, 0.3) is 5.82 Å². The minimum atomic E-state index is -0.671. The van der Waals surface area contributed by atoms with E-state index in [4.69, 9.17) is 4.74 Å². The molecule has 0 aliphatic rings. The summed E-state index contributed by atoms with van der Waals surface area (Å²) < 4.78 is 6.92. The van der Waals surface area contributed by atoms with E-state index in [0.717, 1.165) is 17.6 Å². The highest BCUT2D eigenvalue weighted by molar-refractivity contribution is 5.94. The maximum Gasteiger partial charge on any atom is 0.270 e. The van der Waals surface area contributed by atoms with Gasteiger partial charge in [0.25, 0.3) is 5.91 Å². The van der Waals surface area contributed by atoms with E-state index in [9.17, 15) is 9.59 Å². The number of rotatable bonds is 9. The van der Waals surface area contributed by atoms with Crippen LogP contribution < -0.4 is 10.1 Å². The predicted octanol–water partition coefficient (Wildman–Crippen LogP) is 2.68. The van der Waals surface area contributed by atoms with E-state index >= 15 is 0 Å². The average Bonchev–Trinajstić information content (AvgIpc) is 3.15. The van der Waals surface area contributed by atoms with Crippen molar-refractivity contribution >= 4 is 12.2 Å². The highest BCUT2D eigenvalue weighted by Gasteiger charge is 2.19. The number of nitrogens with one attached hydrogen (secondary N) is 1. The van der Waals surface area contributed by atoms with Crippen LogP contribution in [0.5, 0.6) is 5.75 Å². The molecule has 3 rings (SSSR count). The van der Waals surface area contributed by atoms with E-state index in [1.54, 1.807) is 37.4 Å². The molecule has 0 aliphatic heterocycles. The third-order valence-corrected chi connectivity index (χ3v) is 4.16. The molecule has 2 heterocycles. The molecule has 2 aromatic heterocycles. The van der Waals surface area contributed by atoms with Gasteiger partial charge in [-0.05, 0) is 49.2 Å². The number of hydrogen-bond acceptors (Lipinski definition) is 5. The van der Waals surface area contributed by atoms with Crippen LogP contribution in [-0.4, -0.2) is 39.6 Å². The van der Waals surface area contributed by atoms with Crippen molar-refractivity contribution in [1.82, 2.24) is 20.1 Å². The van der Waals surface area contributed by atoms with E-state index in [1.807, 2.05) is 30.3 Å². The molecular weight excluding hydrogens is 368 g/mol. The molecule has 0 fully saturated rings. The maximum atomic E-state index is 12.8. The number of carbonyl (C=O) groups is 2. The summed E-state index contributed by atoms with van der Waals surface area (Å²) in [7, 11) is 0. The first-order valence-corrected chi connectivity index (χ1v) is 9.17. The van der Waals surface area contributed by atoms with Crippen molar-refractivity contribution in [2.75, 3.05) is 6.61 Å². The normalized spacial score (nSPS) is 11.5. The quantitative estimate of drug-likeness (QED) is 0.448. The minimum Gasteiger partial charge on any atom is -0.490 e. The lowest BCUT2D eigenvalue weighted by atomic mass is 10.1. The second-order valence-electron chi connectivity index (χ2n) is 6.43. The Balaban J connectivity index is 1.71. The molecule has 0 saturated carbocycles. The monoisotopic (exact) mass is 390 g/mol. The molecule has 0 radical (unpaired) electrons. The molecule has 7 nitrogen and oxygen atoms in total. The first-order chi connectivity index (χ1) is 14.1. The third-order valence-electron chi connectivity index (χ3n) is 4.16. The van der Waals surface area contributed by atoms with Gasteiger partial charge >= 0.3 is 0 Å². The van der Waals surface area contributed by atoms with Crippen molar-refractivity contribution < 1.29 is 14.3 Å². The number of aldehydes is 1. The number of aromatic nitrogens is 3. The summed E-state index contributed by atoms with van der Waals surface area (Å²) in [5.74, 6) is 0.859. The third kappa shape index (κ3) is 5.16. The predicted molar refractivity (Wildman–Crippen MR) is 109 cm³/mol. The van der Waals surface area contributed by atoms with Gasteiger partial charge in [-0.2, -0.15) is 5.10 Å². The van der Waals surface area contributed by atoms with Crippen LogP contribution in [0.1, 0.15) is 21.7 Å². The summed E-state index contributed by atoms with van der Waals surface area (Å²) in [5.41, 5.74) is 1.91. The molecule has 1 aromatic carbocycles. The summed E-state index contributed by atoms with van der Waals surface area (Å²) in [6.45, 7) is 5.83. The maximum absolute atomic E-state index is 12.8. The van der Waals surface area contributed by atoms with Gasteiger partial charge in [-0.3, -0.25) is 4.79 Å². The van der Waals surface area contributed by atoms with E-state index in [1.165, 1.54) is 4.68 Å². The molecule has 1 amide bonds. The van der Waals surface area contributed by atoms with Gasteiger partial charge in [0, 0.05) is 6.20 Å². The van der Waals surface area contributed by atoms with Crippen LogP contribution in [0, 0.1) is 6.92 Å². The molecule has 0 unspecified atom stereocenters. The molecule has 29 heavy (non-hydrogen) atoms. The van der Waals surface area contributed by atoms with Crippen molar-refractivity contribution in [3.05, 3.63) is 84.3 Å². The van der Waals surface area contributed by atoms with Gasteiger partial charge in [0.05, 0.1) is 11.7 Å². The lowest BCUT2D eigenvalue weighted by Gasteiger charge is -2.14. The number of benzene rings is 1. The molecule has 0 aliphatic carbocycles. The summed E-state index contributed by atoms with van der Waals surface area (Å²) in [5, 5.41) is 7.10. The number of aryl methyl sites for hydroxylation is 1. The Hall–Kier alpha value is -3.74. The van der Waals surface area contributed by atoms with Crippen molar-refractivity contribution in [2.45, 2.75) is 19.4 Å². The Bertz CT molecular complexity index is 981. The highest BCUT2D eigenvalue weighted by Crippen LogP contribution is 2.14. The van der Waals surface area contributed by atoms with Gasteiger partial charge in [-0.15, -0.1) is 0 Å². The SMILES string of the molecule is C=CCOc1ccc(C[C@@H](C=O)NC(=O)c2cc(C)nn2-c2ccccn2)cc1. The number of nitrogens with zero attached hydrogens (tertiary/aromatic N) is 3. The fourth-order valence-electron chi connectivity index (χ4n) is 2.82. The van der Waals surface area contributed by atoms with Crippen molar-refractivity contribution in [2.24, 2.45) is 0 Å². The van der Waals surface area contributed by atoms with Crippen LogP contribution >= 0.6 is 0 Å². The van der Waals surface area contributed by atoms with Crippen molar-refractivity contribution in [1.29, 1.82) is 0 Å². The van der Waals surface area contributed by atoms with Crippen molar-refractivity contribution in [3.8, 4) is 11.6 Å². The van der Waals surface area contributed by atoms with Crippen molar-refractivity contribution in [3.63, 3.8) is 0 Å². The zero-order valence-electron chi connectivity index (χ0n) is 16.1. The van der Waals surface area contributed by atoms with Crippen LogP contribution in [-0.2, 0) is 11.2 Å². The molecule has 148 valence electrons. The van der Waals surface area contributed by atoms with E-state index in [0.29, 0.717) is 30.2 Å². The fourth-order valence-corrected chi connectivity index (χ4v) is 2.82. The van der Waals surface area contributed by atoms with Crippen LogP contribution in [0.4, 0.5) is 0 Å². The summed E-state index contributed by atoms with van der Waals surface area (Å²) in [6, 6.07) is 13.7. The smallest absolute Gasteiger partial charge is 0.270 e. The summed E-state index contributed by atoms with van der Waals surface area (Å²) >= 11 is 0. The Labute approximate surface area is 169 Å². The Morgan fingerprint density at radius 1 is 1.28 bits per heavy atom. The van der Waals surface area contributed by atoms with E-state index < -0.39 is 6.04 Å². The first kappa shape index (κ1) is 20.0. The van der Waals surface area contributed by atoms with Crippen LogP contribution in [0.2, 0.25) is 0 Å². The van der Waals surface area contributed by atoms with Gasteiger partial charge < -0.3 is 14.8 Å². The van der Waals surface area contributed by atoms with Crippen LogP contribution in [0.15, 0.2) is 67.4 Å². The zero-order chi connectivity index (χ0) is 20.6. The second-order valence-corrected chi connectivity index (χ2v) is 6.43. The number of hydrogen-bond donors (Lipinski definition) is 1. The largest absolute Gasteiger partial charge is 0.490 e. The van der Waals surface area contributed by atoms with Gasteiger partial charge in [0.1, 0.15) is 24.3 Å². The topological polar surface area (TPSA) is 86.1 Å². The molecular formula is C22H22N4O3. The Morgan fingerprint density at radius 3 is 2.72 bits per heavy atom. The second kappa shape index (κ2) is 9.45. The lowest BCUT2D eigenvalue weighted by Crippen LogP contribution is -2.38. The molecule has 0 spiro atoms. The van der Waals surface area contributed by atoms with Gasteiger partial charge in [-0.25, -0.2) is 9.67 Å². The van der Waals surface area contributed by atoms with Gasteiger partial charge in [-0.1, -0.05) is 30.9 Å². The van der Waals surface area contributed by atoms with Crippen LogP contribution in [0.3, 0.4) is 0 Å².